The van der Waals surface area contributed by atoms with E-state index in [2.05, 4.69) is 15.8 Å². The molecular weight excluding hydrogens is 262 g/mol. The van der Waals surface area contributed by atoms with Crippen molar-refractivity contribution in [2.75, 3.05) is 7.11 Å². The zero-order chi connectivity index (χ0) is 15.1. The molecule has 0 saturated heterocycles. The number of carbonyl (C=O) groups excluding carboxylic acids is 2. The van der Waals surface area contributed by atoms with Gasteiger partial charge in [0.05, 0.1) is 13.3 Å². The third kappa shape index (κ3) is 4.60. The van der Waals surface area contributed by atoms with Gasteiger partial charge in [0.2, 0.25) is 0 Å². The Balaban J connectivity index is 2.65. The van der Waals surface area contributed by atoms with E-state index < -0.39 is 11.8 Å². The van der Waals surface area contributed by atoms with Gasteiger partial charge in [-0.25, -0.2) is 5.43 Å². The molecule has 0 aliphatic carbocycles. The molecule has 0 bridgehead atoms. The Morgan fingerprint density at radius 1 is 1.35 bits per heavy atom. The van der Waals surface area contributed by atoms with Gasteiger partial charge in [-0.2, -0.15) is 5.10 Å². The van der Waals surface area contributed by atoms with Gasteiger partial charge in [0, 0.05) is 11.6 Å². The van der Waals surface area contributed by atoms with Crippen molar-refractivity contribution in [1.29, 1.82) is 0 Å². The number of phenolic OH excluding ortho intramolecular Hbond substituents is 1. The molecule has 7 heteroatoms. The summed E-state index contributed by atoms with van der Waals surface area (Å²) in [6.07, 6.45) is 1.22. The summed E-state index contributed by atoms with van der Waals surface area (Å²) in [5.74, 6) is -1.13. The molecule has 0 heterocycles. The number of hydrogen-bond donors (Lipinski definition) is 3. The van der Waals surface area contributed by atoms with E-state index in [1.165, 1.54) is 19.4 Å². The van der Waals surface area contributed by atoms with E-state index in [0.717, 1.165) is 0 Å². The molecule has 0 unspecified atom stereocenters. The highest BCUT2D eigenvalue weighted by Crippen LogP contribution is 2.20. The highest BCUT2D eigenvalue weighted by Gasteiger charge is 2.13. The van der Waals surface area contributed by atoms with Gasteiger partial charge in [0.15, 0.2) is 0 Å². The highest BCUT2D eigenvalue weighted by molar-refractivity contribution is 6.35. The zero-order valence-corrected chi connectivity index (χ0v) is 11.5. The minimum atomic E-state index is -0.877. The SMILES string of the molecule is COc1ccc(O)c(/C=N/NC(=O)C(=O)NC(C)C)c1. The molecule has 3 N–H and O–H groups in total. The lowest BCUT2D eigenvalue weighted by Crippen LogP contribution is -2.41. The minimum Gasteiger partial charge on any atom is -0.507 e. The number of hydrazone groups is 1. The van der Waals surface area contributed by atoms with Crippen molar-refractivity contribution in [1.82, 2.24) is 10.7 Å². The molecular formula is C13H17N3O4. The van der Waals surface area contributed by atoms with Gasteiger partial charge in [-0.05, 0) is 32.0 Å². The summed E-state index contributed by atoms with van der Waals surface area (Å²) < 4.78 is 4.99. The van der Waals surface area contributed by atoms with Crippen molar-refractivity contribution < 1.29 is 19.4 Å². The average Bonchev–Trinajstić information content (AvgIpc) is 2.39. The van der Waals surface area contributed by atoms with Crippen LogP contribution < -0.4 is 15.5 Å². The van der Waals surface area contributed by atoms with Crippen molar-refractivity contribution in [3.8, 4) is 11.5 Å². The Morgan fingerprint density at radius 3 is 2.65 bits per heavy atom. The van der Waals surface area contributed by atoms with Gasteiger partial charge in [-0.1, -0.05) is 0 Å². The molecule has 1 rings (SSSR count). The molecule has 20 heavy (non-hydrogen) atoms. The molecule has 2 amide bonds. The molecule has 1 aromatic carbocycles. The van der Waals surface area contributed by atoms with E-state index in [1.807, 2.05) is 0 Å². The highest BCUT2D eigenvalue weighted by atomic mass is 16.5. The third-order valence-corrected chi connectivity index (χ3v) is 2.23. The van der Waals surface area contributed by atoms with Crippen LogP contribution in [0.15, 0.2) is 23.3 Å². The molecule has 0 fully saturated rings. The van der Waals surface area contributed by atoms with Gasteiger partial charge in [-0.15, -0.1) is 0 Å². The number of carbonyl (C=O) groups is 2. The van der Waals surface area contributed by atoms with Crippen LogP contribution >= 0.6 is 0 Å². The number of aromatic hydroxyl groups is 1. The molecule has 0 aromatic heterocycles. The number of hydrogen-bond acceptors (Lipinski definition) is 5. The maximum atomic E-state index is 11.4. The Morgan fingerprint density at radius 2 is 2.05 bits per heavy atom. The fourth-order valence-electron chi connectivity index (χ4n) is 1.30. The summed E-state index contributed by atoms with van der Waals surface area (Å²) >= 11 is 0. The lowest BCUT2D eigenvalue weighted by Gasteiger charge is -2.06. The molecule has 1 aromatic rings. The van der Waals surface area contributed by atoms with E-state index in [0.29, 0.717) is 11.3 Å². The summed E-state index contributed by atoms with van der Waals surface area (Å²) in [4.78, 5) is 22.6. The standard InChI is InChI=1S/C13H17N3O4/c1-8(2)15-12(18)13(19)16-14-7-9-6-10(20-3)4-5-11(9)17/h4-8,17H,1-3H3,(H,15,18)(H,16,19)/b14-7+. The number of phenols is 1. The normalized spacial score (nSPS) is 10.6. The second kappa shape index (κ2) is 7.13. The van der Waals surface area contributed by atoms with Crippen molar-refractivity contribution in [2.45, 2.75) is 19.9 Å². The molecule has 0 atom stereocenters. The lowest BCUT2D eigenvalue weighted by atomic mass is 10.2. The first-order valence-electron chi connectivity index (χ1n) is 5.95. The first-order chi connectivity index (χ1) is 9.43. The lowest BCUT2D eigenvalue weighted by molar-refractivity contribution is -0.139. The van der Waals surface area contributed by atoms with Crippen LogP contribution in [-0.2, 0) is 9.59 Å². The second-order valence-corrected chi connectivity index (χ2v) is 4.25. The van der Waals surface area contributed by atoms with E-state index in [4.69, 9.17) is 4.74 Å². The average molecular weight is 279 g/mol. The summed E-state index contributed by atoms with van der Waals surface area (Å²) in [5.41, 5.74) is 2.42. The minimum absolute atomic E-state index is 0.0181. The van der Waals surface area contributed by atoms with Crippen LogP contribution in [0.5, 0.6) is 11.5 Å². The predicted molar refractivity (Wildman–Crippen MR) is 73.7 cm³/mol. The van der Waals surface area contributed by atoms with Crippen molar-refractivity contribution in [3.63, 3.8) is 0 Å². The molecule has 7 nitrogen and oxygen atoms in total. The Kier molecular flexibility index (Phi) is 5.52. The largest absolute Gasteiger partial charge is 0.507 e. The van der Waals surface area contributed by atoms with Crippen LogP contribution in [0.2, 0.25) is 0 Å². The van der Waals surface area contributed by atoms with Gasteiger partial charge in [0.25, 0.3) is 0 Å². The van der Waals surface area contributed by atoms with Gasteiger partial charge in [-0.3, -0.25) is 9.59 Å². The van der Waals surface area contributed by atoms with Crippen LogP contribution in [0, 0.1) is 0 Å². The summed E-state index contributed by atoms with van der Waals surface area (Å²) in [6, 6.07) is 4.42. The maximum Gasteiger partial charge on any atom is 0.329 e. The number of benzene rings is 1. The van der Waals surface area contributed by atoms with Crippen LogP contribution in [0.4, 0.5) is 0 Å². The van der Waals surface area contributed by atoms with E-state index in [9.17, 15) is 14.7 Å². The van der Waals surface area contributed by atoms with Crippen molar-refractivity contribution in [3.05, 3.63) is 23.8 Å². The van der Waals surface area contributed by atoms with Crippen LogP contribution in [0.3, 0.4) is 0 Å². The van der Waals surface area contributed by atoms with Crippen molar-refractivity contribution >= 4 is 18.0 Å². The summed E-state index contributed by atoms with van der Waals surface area (Å²) in [7, 11) is 1.49. The van der Waals surface area contributed by atoms with E-state index >= 15 is 0 Å². The molecule has 0 aliphatic heterocycles. The number of ether oxygens (including phenoxy) is 1. The van der Waals surface area contributed by atoms with Gasteiger partial charge in [0.1, 0.15) is 11.5 Å². The molecule has 0 aliphatic rings. The molecule has 0 radical (unpaired) electrons. The third-order valence-electron chi connectivity index (χ3n) is 2.23. The smallest absolute Gasteiger partial charge is 0.329 e. The zero-order valence-electron chi connectivity index (χ0n) is 11.5. The van der Waals surface area contributed by atoms with Crippen LogP contribution in [0.25, 0.3) is 0 Å². The first-order valence-corrected chi connectivity index (χ1v) is 5.95. The quantitative estimate of drug-likeness (QED) is 0.421. The number of rotatable bonds is 4. The van der Waals surface area contributed by atoms with Crippen molar-refractivity contribution in [2.24, 2.45) is 5.10 Å². The molecule has 108 valence electrons. The Labute approximate surface area is 116 Å². The molecule has 0 saturated carbocycles. The van der Waals surface area contributed by atoms with Gasteiger partial charge < -0.3 is 15.2 Å². The Hall–Kier alpha value is -2.57. The fraction of sp³-hybridized carbons (Fsp3) is 0.308. The van der Waals surface area contributed by atoms with E-state index in [1.54, 1.807) is 26.0 Å². The van der Waals surface area contributed by atoms with Crippen LogP contribution in [0.1, 0.15) is 19.4 Å². The fourth-order valence-corrected chi connectivity index (χ4v) is 1.30. The summed E-state index contributed by atoms with van der Waals surface area (Å²) in [5, 5.41) is 15.6. The van der Waals surface area contributed by atoms with Crippen LogP contribution in [-0.4, -0.2) is 36.3 Å². The Bertz CT molecular complexity index is 526. The monoisotopic (exact) mass is 279 g/mol. The predicted octanol–water partition coefficient (Wildman–Crippen LogP) is 0.375. The van der Waals surface area contributed by atoms with Gasteiger partial charge >= 0.3 is 11.8 Å². The summed E-state index contributed by atoms with van der Waals surface area (Å²) in [6.45, 7) is 3.48. The number of nitrogens with zero attached hydrogens (tertiary/aromatic N) is 1. The number of nitrogens with one attached hydrogen (secondary N) is 2. The first kappa shape index (κ1) is 15.5. The maximum absolute atomic E-state index is 11.4. The van der Waals surface area contributed by atoms with E-state index in [-0.39, 0.29) is 11.8 Å². The number of methoxy groups -OCH3 is 1. The molecule has 0 spiro atoms. The second-order valence-electron chi connectivity index (χ2n) is 4.25. The number of amides is 2. The topological polar surface area (TPSA) is 100 Å².